The first kappa shape index (κ1) is 21.3. The molecule has 0 spiro atoms. The summed E-state index contributed by atoms with van der Waals surface area (Å²) in [5.41, 5.74) is 1.93. The summed E-state index contributed by atoms with van der Waals surface area (Å²) in [6, 6.07) is 14.4. The van der Waals surface area contributed by atoms with Crippen LogP contribution < -0.4 is 4.74 Å². The first-order chi connectivity index (χ1) is 13.8. The van der Waals surface area contributed by atoms with E-state index in [1.165, 1.54) is 4.31 Å². The molecule has 0 aliphatic carbocycles. The molecule has 6 nitrogen and oxygen atoms in total. The van der Waals surface area contributed by atoms with Crippen molar-refractivity contribution in [1.82, 2.24) is 9.21 Å². The van der Waals surface area contributed by atoms with Crippen molar-refractivity contribution in [3.63, 3.8) is 0 Å². The SMILES string of the molecule is COc1ccccc1CN(C)C(=O)[C@@H]1CCCN(S(=O)(=O)c2ccc(C)cc2)C1. The smallest absolute Gasteiger partial charge is 0.243 e. The maximum Gasteiger partial charge on any atom is 0.243 e. The summed E-state index contributed by atoms with van der Waals surface area (Å²) in [4.78, 5) is 15.0. The summed E-state index contributed by atoms with van der Waals surface area (Å²) < 4.78 is 32.8. The van der Waals surface area contributed by atoms with E-state index in [2.05, 4.69) is 0 Å². The van der Waals surface area contributed by atoms with Gasteiger partial charge in [0.15, 0.2) is 0 Å². The second-order valence-electron chi connectivity index (χ2n) is 7.52. The third-order valence-corrected chi connectivity index (χ3v) is 7.25. The number of piperidine rings is 1. The van der Waals surface area contributed by atoms with E-state index in [0.29, 0.717) is 25.9 Å². The van der Waals surface area contributed by atoms with Gasteiger partial charge in [-0.2, -0.15) is 4.31 Å². The zero-order chi connectivity index (χ0) is 21.0. The van der Waals surface area contributed by atoms with Crippen molar-refractivity contribution in [3.8, 4) is 5.75 Å². The van der Waals surface area contributed by atoms with Gasteiger partial charge in [-0.3, -0.25) is 4.79 Å². The minimum Gasteiger partial charge on any atom is -0.496 e. The molecule has 0 radical (unpaired) electrons. The molecule has 1 amide bonds. The molecule has 1 fully saturated rings. The number of rotatable bonds is 6. The van der Waals surface area contributed by atoms with Crippen molar-refractivity contribution < 1.29 is 17.9 Å². The van der Waals surface area contributed by atoms with Crippen LogP contribution in [0.3, 0.4) is 0 Å². The first-order valence-electron chi connectivity index (χ1n) is 9.76. The Morgan fingerprint density at radius 1 is 1.17 bits per heavy atom. The highest BCUT2D eigenvalue weighted by Gasteiger charge is 2.34. The molecule has 2 aromatic carbocycles. The number of hydrogen-bond donors (Lipinski definition) is 0. The van der Waals surface area contributed by atoms with Crippen LogP contribution in [0.5, 0.6) is 5.75 Å². The highest BCUT2D eigenvalue weighted by molar-refractivity contribution is 7.89. The van der Waals surface area contributed by atoms with E-state index in [4.69, 9.17) is 4.74 Å². The Hall–Kier alpha value is -2.38. The van der Waals surface area contributed by atoms with Crippen molar-refractivity contribution in [2.45, 2.75) is 31.2 Å². The van der Waals surface area contributed by atoms with Crippen LogP contribution in [-0.4, -0.2) is 50.8 Å². The molecule has 0 unspecified atom stereocenters. The molecule has 0 N–H and O–H groups in total. The lowest BCUT2D eigenvalue weighted by atomic mass is 9.98. The van der Waals surface area contributed by atoms with Crippen LogP contribution >= 0.6 is 0 Å². The molecule has 0 aromatic heterocycles. The highest BCUT2D eigenvalue weighted by atomic mass is 32.2. The van der Waals surface area contributed by atoms with Crippen LogP contribution in [-0.2, 0) is 21.4 Å². The zero-order valence-corrected chi connectivity index (χ0v) is 18.0. The standard InChI is InChI=1S/C22H28N2O4S/c1-17-10-12-20(13-11-17)29(26,27)24-14-6-8-19(16-24)22(25)23(2)15-18-7-4-5-9-21(18)28-3/h4-5,7,9-13,19H,6,8,14-16H2,1-3H3/t19-/m1/s1. The Balaban J connectivity index is 1.71. The zero-order valence-electron chi connectivity index (χ0n) is 17.2. The van der Waals surface area contributed by atoms with E-state index in [1.807, 2.05) is 31.2 Å². The monoisotopic (exact) mass is 416 g/mol. The van der Waals surface area contributed by atoms with Gasteiger partial charge in [-0.1, -0.05) is 35.9 Å². The van der Waals surface area contributed by atoms with E-state index in [1.54, 1.807) is 43.3 Å². The number of ether oxygens (including phenoxy) is 1. The van der Waals surface area contributed by atoms with Crippen LogP contribution in [0.4, 0.5) is 0 Å². The number of carbonyl (C=O) groups is 1. The second-order valence-corrected chi connectivity index (χ2v) is 9.46. The lowest BCUT2D eigenvalue weighted by Gasteiger charge is -2.33. The van der Waals surface area contributed by atoms with Gasteiger partial charge in [-0.25, -0.2) is 8.42 Å². The lowest BCUT2D eigenvalue weighted by Crippen LogP contribution is -2.45. The molecule has 2 aromatic rings. The molecule has 156 valence electrons. The average molecular weight is 417 g/mol. The highest BCUT2D eigenvalue weighted by Crippen LogP contribution is 2.26. The molecular formula is C22H28N2O4S. The van der Waals surface area contributed by atoms with E-state index in [-0.39, 0.29) is 23.3 Å². The van der Waals surface area contributed by atoms with Crippen LogP contribution in [0, 0.1) is 12.8 Å². The average Bonchev–Trinajstić information content (AvgIpc) is 2.74. The molecule has 3 rings (SSSR count). The molecule has 1 aliphatic rings. The molecule has 0 saturated carbocycles. The minimum atomic E-state index is -3.60. The molecule has 29 heavy (non-hydrogen) atoms. The molecule has 1 saturated heterocycles. The third kappa shape index (κ3) is 4.79. The number of carbonyl (C=O) groups excluding carboxylic acids is 1. The number of methoxy groups -OCH3 is 1. The Bertz CT molecular complexity index is 957. The van der Waals surface area contributed by atoms with Crippen LogP contribution in [0.15, 0.2) is 53.4 Å². The maximum absolute atomic E-state index is 13.0. The summed E-state index contributed by atoms with van der Waals surface area (Å²) in [6.45, 7) is 3.00. The van der Waals surface area contributed by atoms with E-state index < -0.39 is 10.0 Å². The van der Waals surface area contributed by atoms with Crippen molar-refractivity contribution in [2.24, 2.45) is 5.92 Å². The molecule has 1 atom stereocenters. The molecule has 1 heterocycles. The topological polar surface area (TPSA) is 66.9 Å². The number of sulfonamides is 1. The fourth-order valence-corrected chi connectivity index (χ4v) is 5.22. The minimum absolute atomic E-state index is 0.0419. The Morgan fingerprint density at radius 3 is 2.55 bits per heavy atom. The van der Waals surface area contributed by atoms with Gasteiger partial charge in [0.25, 0.3) is 0 Å². The summed E-state index contributed by atoms with van der Waals surface area (Å²) in [5.74, 6) is 0.350. The van der Waals surface area contributed by atoms with Gasteiger partial charge in [0.2, 0.25) is 15.9 Å². The summed E-state index contributed by atoms with van der Waals surface area (Å²) in [5, 5.41) is 0. The van der Waals surface area contributed by atoms with Gasteiger partial charge in [0, 0.05) is 32.2 Å². The molecule has 0 bridgehead atoms. The van der Waals surface area contributed by atoms with Gasteiger partial charge >= 0.3 is 0 Å². The fourth-order valence-electron chi connectivity index (χ4n) is 3.70. The van der Waals surface area contributed by atoms with Crippen LogP contribution in [0.1, 0.15) is 24.0 Å². The first-order valence-corrected chi connectivity index (χ1v) is 11.2. The second kappa shape index (κ2) is 8.97. The summed E-state index contributed by atoms with van der Waals surface area (Å²) in [6.07, 6.45) is 1.36. The van der Waals surface area contributed by atoms with E-state index in [9.17, 15) is 13.2 Å². The number of nitrogens with zero attached hydrogens (tertiary/aromatic N) is 2. The van der Waals surface area contributed by atoms with Gasteiger partial charge in [-0.15, -0.1) is 0 Å². The van der Waals surface area contributed by atoms with Crippen molar-refractivity contribution in [2.75, 3.05) is 27.2 Å². The largest absolute Gasteiger partial charge is 0.496 e. The third-order valence-electron chi connectivity index (χ3n) is 5.37. The Kier molecular flexibility index (Phi) is 6.59. The summed E-state index contributed by atoms with van der Waals surface area (Å²) in [7, 11) is -0.239. The van der Waals surface area contributed by atoms with E-state index >= 15 is 0 Å². The van der Waals surface area contributed by atoms with Crippen LogP contribution in [0.2, 0.25) is 0 Å². The predicted molar refractivity (Wildman–Crippen MR) is 112 cm³/mol. The summed E-state index contributed by atoms with van der Waals surface area (Å²) >= 11 is 0. The van der Waals surface area contributed by atoms with Crippen molar-refractivity contribution >= 4 is 15.9 Å². The maximum atomic E-state index is 13.0. The van der Waals surface area contributed by atoms with Crippen molar-refractivity contribution in [1.29, 1.82) is 0 Å². The number of para-hydroxylation sites is 1. The lowest BCUT2D eigenvalue weighted by molar-refractivity contribution is -0.135. The van der Waals surface area contributed by atoms with E-state index in [0.717, 1.165) is 16.9 Å². The Morgan fingerprint density at radius 2 is 1.86 bits per heavy atom. The number of aryl methyl sites for hydroxylation is 1. The number of amides is 1. The quantitative estimate of drug-likeness (QED) is 0.726. The number of benzene rings is 2. The normalized spacial score (nSPS) is 17.7. The predicted octanol–water partition coefficient (Wildman–Crippen LogP) is 3.06. The molecular weight excluding hydrogens is 388 g/mol. The van der Waals surface area contributed by atoms with Crippen molar-refractivity contribution in [3.05, 3.63) is 59.7 Å². The molecule has 7 heteroatoms. The van der Waals surface area contributed by atoms with Gasteiger partial charge in [0.05, 0.1) is 17.9 Å². The fraction of sp³-hybridized carbons (Fsp3) is 0.409. The van der Waals surface area contributed by atoms with Crippen LogP contribution in [0.25, 0.3) is 0 Å². The Labute approximate surface area is 173 Å². The molecule has 1 aliphatic heterocycles. The van der Waals surface area contributed by atoms with Gasteiger partial charge < -0.3 is 9.64 Å². The number of hydrogen-bond acceptors (Lipinski definition) is 4. The van der Waals surface area contributed by atoms with Gasteiger partial charge in [-0.05, 0) is 38.0 Å². The van der Waals surface area contributed by atoms with Gasteiger partial charge in [0.1, 0.15) is 5.75 Å².